The predicted molar refractivity (Wildman–Crippen MR) is 77.8 cm³/mol. The van der Waals surface area contributed by atoms with E-state index in [-0.39, 0.29) is 0 Å². The molecule has 0 atom stereocenters. The first-order valence-electron chi connectivity index (χ1n) is 6.68. The number of nitrogens with one attached hydrogen (secondary N) is 2. The normalized spacial score (nSPS) is 11.1. The maximum atomic E-state index is 11.4. The fraction of sp³-hybridized carbons (Fsp3) is 0.0714. The summed E-state index contributed by atoms with van der Waals surface area (Å²) in [7, 11) is 0. The molecule has 0 spiro atoms. The smallest absolute Gasteiger partial charge is 0.314 e. The van der Waals surface area contributed by atoms with Crippen LogP contribution in [0.4, 0.5) is 0 Å². The maximum Gasteiger partial charge on any atom is 0.314 e. The minimum absolute atomic E-state index is 0.300. The van der Waals surface area contributed by atoms with E-state index in [0.29, 0.717) is 40.5 Å². The van der Waals surface area contributed by atoms with Crippen LogP contribution in [-0.4, -0.2) is 25.3 Å². The lowest BCUT2D eigenvalue weighted by Crippen LogP contribution is -2.28. The summed E-state index contributed by atoms with van der Waals surface area (Å²) in [5, 5.41) is 7.48. The van der Waals surface area contributed by atoms with E-state index in [4.69, 9.17) is 9.05 Å². The molecule has 0 aliphatic carbocycles. The van der Waals surface area contributed by atoms with Crippen molar-refractivity contribution in [2.24, 2.45) is 0 Å². The Labute approximate surface area is 127 Å². The fourth-order valence-electron chi connectivity index (χ4n) is 2.18. The van der Waals surface area contributed by atoms with Crippen LogP contribution < -0.4 is 11.1 Å². The van der Waals surface area contributed by atoms with Gasteiger partial charge in [0.25, 0.3) is 5.89 Å². The van der Waals surface area contributed by atoms with Crippen LogP contribution in [0.5, 0.6) is 0 Å². The molecular formula is C14H9N5O4. The van der Waals surface area contributed by atoms with Crippen molar-refractivity contribution in [3.05, 3.63) is 62.8 Å². The zero-order chi connectivity index (χ0) is 15.8. The molecule has 0 aliphatic rings. The molecular weight excluding hydrogens is 302 g/mol. The molecule has 0 radical (unpaired) electrons. The average molecular weight is 311 g/mol. The molecule has 23 heavy (non-hydrogen) atoms. The SMILES string of the molecule is O=c1[nH]c2ccc(-c3nc(Cc4ccno4)no3)cc2[nH]c1=O. The first kappa shape index (κ1) is 13.2. The van der Waals surface area contributed by atoms with Crippen LogP contribution in [0.2, 0.25) is 0 Å². The molecule has 0 bridgehead atoms. The van der Waals surface area contributed by atoms with Gasteiger partial charge in [0.2, 0.25) is 0 Å². The molecule has 1 aromatic carbocycles. The molecule has 3 heterocycles. The van der Waals surface area contributed by atoms with Crippen LogP contribution in [0.25, 0.3) is 22.5 Å². The second-order valence-corrected chi connectivity index (χ2v) is 4.84. The lowest BCUT2D eigenvalue weighted by molar-refractivity contribution is 0.382. The maximum absolute atomic E-state index is 11.4. The van der Waals surface area contributed by atoms with Gasteiger partial charge in [-0.05, 0) is 18.2 Å². The number of aromatic nitrogens is 5. The van der Waals surface area contributed by atoms with Gasteiger partial charge in [0, 0.05) is 11.6 Å². The van der Waals surface area contributed by atoms with Crippen molar-refractivity contribution in [2.75, 3.05) is 0 Å². The molecule has 0 unspecified atom stereocenters. The molecule has 2 N–H and O–H groups in total. The number of benzene rings is 1. The summed E-state index contributed by atoms with van der Waals surface area (Å²) in [6.07, 6.45) is 1.90. The highest BCUT2D eigenvalue weighted by molar-refractivity contribution is 5.79. The molecule has 0 saturated heterocycles. The first-order valence-corrected chi connectivity index (χ1v) is 6.68. The Bertz CT molecular complexity index is 1090. The molecule has 114 valence electrons. The number of hydrogen-bond donors (Lipinski definition) is 2. The Morgan fingerprint density at radius 1 is 1.00 bits per heavy atom. The molecule has 4 aromatic rings. The van der Waals surface area contributed by atoms with E-state index in [0.717, 1.165) is 0 Å². The Kier molecular flexibility index (Phi) is 2.90. The summed E-state index contributed by atoms with van der Waals surface area (Å²) in [4.78, 5) is 31.9. The number of H-pyrrole nitrogens is 2. The monoisotopic (exact) mass is 311 g/mol. The van der Waals surface area contributed by atoms with Gasteiger partial charge < -0.3 is 19.0 Å². The molecule has 9 heteroatoms. The Balaban J connectivity index is 1.71. The third-order valence-corrected chi connectivity index (χ3v) is 3.26. The average Bonchev–Trinajstić information content (AvgIpc) is 3.20. The van der Waals surface area contributed by atoms with Crippen LogP contribution in [-0.2, 0) is 6.42 Å². The van der Waals surface area contributed by atoms with Gasteiger partial charge in [-0.25, -0.2) is 0 Å². The molecule has 4 rings (SSSR count). The first-order chi connectivity index (χ1) is 11.2. The number of fused-ring (bicyclic) bond motifs is 1. The topological polar surface area (TPSA) is 131 Å². The van der Waals surface area contributed by atoms with Crippen LogP contribution in [0.1, 0.15) is 11.6 Å². The number of rotatable bonds is 3. The molecule has 0 saturated carbocycles. The number of nitrogens with zero attached hydrogens (tertiary/aromatic N) is 3. The third kappa shape index (κ3) is 2.44. The predicted octanol–water partition coefficient (Wildman–Crippen LogP) is 0.845. The molecule has 9 nitrogen and oxygen atoms in total. The van der Waals surface area contributed by atoms with E-state index in [1.165, 1.54) is 6.20 Å². The molecule has 3 aromatic heterocycles. The third-order valence-electron chi connectivity index (χ3n) is 3.26. The second kappa shape index (κ2) is 5.05. The zero-order valence-electron chi connectivity index (χ0n) is 11.6. The number of hydrogen-bond acceptors (Lipinski definition) is 7. The summed E-state index contributed by atoms with van der Waals surface area (Å²) < 4.78 is 10.2. The summed E-state index contributed by atoms with van der Waals surface area (Å²) in [6.45, 7) is 0. The van der Waals surface area contributed by atoms with Gasteiger partial charge in [0.05, 0.1) is 23.7 Å². The highest BCUT2D eigenvalue weighted by Gasteiger charge is 2.12. The van der Waals surface area contributed by atoms with Gasteiger partial charge in [-0.3, -0.25) is 9.59 Å². The lowest BCUT2D eigenvalue weighted by Gasteiger charge is -1.98. The van der Waals surface area contributed by atoms with Crippen LogP contribution in [0, 0.1) is 0 Å². The molecule has 0 fully saturated rings. The van der Waals surface area contributed by atoms with Gasteiger partial charge >= 0.3 is 11.1 Å². The molecule has 0 aliphatic heterocycles. The van der Waals surface area contributed by atoms with E-state index in [9.17, 15) is 9.59 Å². The highest BCUT2D eigenvalue weighted by Crippen LogP contribution is 2.20. The standard InChI is InChI=1S/C14H9N5O4/c20-12-13(21)17-10-5-7(1-2-9(10)16-12)14-18-11(19-23-14)6-8-3-4-15-22-8/h1-5H,6H2,(H,16,20)(H,17,21). The van der Waals surface area contributed by atoms with Crippen molar-refractivity contribution in [3.63, 3.8) is 0 Å². The summed E-state index contributed by atoms with van der Waals surface area (Å²) >= 11 is 0. The Morgan fingerprint density at radius 2 is 1.83 bits per heavy atom. The van der Waals surface area contributed by atoms with Crippen molar-refractivity contribution < 1.29 is 9.05 Å². The van der Waals surface area contributed by atoms with Crippen molar-refractivity contribution >= 4 is 11.0 Å². The number of aromatic amines is 2. The summed E-state index contributed by atoms with van der Waals surface area (Å²) in [5.41, 5.74) is 0.196. The summed E-state index contributed by atoms with van der Waals surface area (Å²) in [6, 6.07) is 6.73. The van der Waals surface area contributed by atoms with Crippen molar-refractivity contribution in [3.8, 4) is 11.5 Å². The zero-order valence-corrected chi connectivity index (χ0v) is 11.6. The minimum atomic E-state index is -0.716. The van der Waals surface area contributed by atoms with E-state index >= 15 is 0 Å². The highest BCUT2D eigenvalue weighted by atomic mass is 16.5. The van der Waals surface area contributed by atoms with E-state index < -0.39 is 11.1 Å². The van der Waals surface area contributed by atoms with Gasteiger partial charge in [0.1, 0.15) is 5.76 Å². The van der Waals surface area contributed by atoms with Crippen molar-refractivity contribution in [2.45, 2.75) is 6.42 Å². The van der Waals surface area contributed by atoms with Crippen LogP contribution in [0.3, 0.4) is 0 Å². The van der Waals surface area contributed by atoms with Crippen molar-refractivity contribution in [1.82, 2.24) is 25.3 Å². The largest absolute Gasteiger partial charge is 0.361 e. The van der Waals surface area contributed by atoms with Gasteiger partial charge in [-0.15, -0.1) is 0 Å². The van der Waals surface area contributed by atoms with Gasteiger partial charge in [0.15, 0.2) is 5.82 Å². The van der Waals surface area contributed by atoms with E-state index in [1.54, 1.807) is 24.3 Å². The minimum Gasteiger partial charge on any atom is -0.361 e. The van der Waals surface area contributed by atoms with Gasteiger partial charge in [-0.1, -0.05) is 10.3 Å². The molecule has 0 amide bonds. The van der Waals surface area contributed by atoms with Crippen molar-refractivity contribution in [1.29, 1.82) is 0 Å². The van der Waals surface area contributed by atoms with Crippen LogP contribution in [0.15, 0.2) is 49.1 Å². The summed E-state index contributed by atoms with van der Waals surface area (Å²) in [5.74, 6) is 1.37. The Morgan fingerprint density at radius 3 is 2.61 bits per heavy atom. The van der Waals surface area contributed by atoms with E-state index in [2.05, 4.69) is 25.3 Å². The van der Waals surface area contributed by atoms with Gasteiger partial charge in [-0.2, -0.15) is 4.98 Å². The van der Waals surface area contributed by atoms with Crippen LogP contribution >= 0.6 is 0 Å². The second-order valence-electron chi connectivity index (χ2n) is 4.84. The van der Waals surface area contributed by atoms with E-state index in [1.807, 2.05) is 0 Å². The quantitative estimate of drug-likeness (QED) is 0.536. The lowest BCUT2D eigenvalue weighted by atomic mass is 10.2. The Hall–Kier alpha value is -3.49. The fourth-order valence-corrected chi connectivity index (χ4v) is 2.18.